The van der Waals surface area contributed by atoms with Crippen molar-refractivity contribution in [2.24, 2.45) is 0 Å². The van der Waals surface area contributed by atoms with Gasteiger partial charge in [0, 0.05) is 30.4 Å². The third kappa shape index (κ3) is 5.07. The van der Waals surface area contributed by atoms with Gasteiger partial charge in [-0.2, -0.15) is 13.0 Å². The fourth-order valence-corrected chi connectivity index (χ4v) is 6.22. The van der Waals surface area contributed by atoms with Crippen LogP contribution in [0.4, 0.5) is 5.69 Å². The molecule has 0 fully saturated rings. The minimum absolute atomic E-state index is 0.224. The molecule has 0 aromatic heterocycles. The van der Waals surface area contributed by atoms with E-state index in [0.29, 0.717) is 30.5 Å². The van der Waals surface area contributed by atoms with E-state index in [0.717, 1.165) is 23.4 Å². The number of allylic oxidation sites excluding steroid dienone is 4. The first-order valence-electron chi connectivity index (χ1n) is 10.2. The average Bonchev–Trinajstić information content (AvgIpc) is 2.85. The zero-order chi connectivity index (χ0) is 23.0. The van der Waals surface area contributed by atoms with Gasteiger partial charge < -0.3 is 0 Å². The first kappa shape index (κ1) is 23.6. The number of fused-ring (bicyclic) bond motifs is 1. The molecule has 1 N–H and O–H groups in total. The van der Waals surface area contributed by atoms with Crippen LogP contribution in [-0.4, -0.2) is 50.2 Å². The molecule has 0 spiro atoms. The molecule has 0 saturated heterocycles. The minimum atomic E-state index is -4.04. The summed E-state index contributed by atoms with van der Waals surface area (Å²) < 4.78 is 58.2. The van der Waals surface area contributed by atoms with Crippen molar-refractivity contribution in [1.82, 2.24) is 0 Å². The summed E-state index contributed by atoms with van der Waals surface area (Å²) in [5.41, 5.74) is 3.76. The molecular weight excluding hydrogens is 434 g/mol. The molecule has 8 heteroatoms. The first-order chi connectivity index (χ1) is 14.3. The van der Waals surface area contributed by atoms with Crippen molar-refractivity contribution in [3.63, 3.8) is 0 Å². The van der Waals surface area contributed by atoms with Crippen LogP contribution in [-0.2, 0) is 25.4 Å². The number of hydrogen-bond acceptors (Lipinski definition) is 4. The van der Waals surface area contributed by atoms with Crippen molar-refractivity contribution in [2.75, 3.05) is 18.6 Å². The van der Waals surface area contributed by atoms with Gasteiger partial charge in [0.15, 0.2) is 15.5 Å². The van der Waals surface area contributed by atoms with E-state index in [1.807, 2.05) is 41.0 Å². The van der Waals surface area contributed by atoms with Gasteiger partial charge in [0.2, 0.25) is 5.69 Å². The number of rotatable bonds is 7. The van der Waals surface area contributed by atoms with Gasteiger partial charge in [-0.15, -0.1) is 0 Å². The monoisotopic (exact) mass is 463 g/mol. The van der Waals surface area contributed by atoms with E-state index in [2.05, 4.69) is 13.8 Å². The smallest absolute Gasteiger partial charge is 0.265 e. The Morgan fingerprint density at radius 1 is 1.13 bits per heavy atom. The lowest BCUT2D eigenvalue weighted by Crippen LogP contribution is -2.28. The van der Waals surface area contributed by atoms with Gasteiger partial charge in [-0.25, -0.2) is 8.42 Å². The number of nitrogens with zero attached hydrogens (tertiary/aromatic N) is 1. The molecule has 2 aliphatic rings. The van der Waals surface area contributed by atoms with E-state index in [1.54, 1.807) is 0 Å². The molecule has 31 heavy (non-hydrogen) atoms. The van der Waals surface area contributed by atoms with Crippen LogP contribution in [0.25, 0.3) is 0 Å². The van der Waals surface area contributed by atoms with Crippen LogP contribution in [0, 0.1) is 6.58 Å². The number of hydrogen-bond donors (Lipinski definition) is 1. The van der Waals surface area contributed by atoms with Crippen molar-refractivity contribution in [3.05, 3.63) is 64.6 Å². The van der Waals surface area contributed by atoms with Crippen molar-refractivity contribution in [3.8, 4) is 0 Å². The van der Waals surface area contributed by atoms with Crippen LogP contribution < -0.4 is 0 Å². The van der Waals surface area contributed by atoms with Crippen molar-refractivity contribution in [1.29, 1.82) is 0 Å². The topological polar surface area (TPSA) is 91.5 Å². The number of benzene rings is 1. The quantitative estimate of drug-likeness (QED) is 0.491. The molecule has 1 radical (unpaired) electrons. The standard InChI is InChI=1S/C23H28NO5S2/c1-17-9-7-10-18(22(17)30(4,25)26)13-14-21-23(2,3)19-11-5-6-12-20(19)24(21)15-8-16-31(27,28)29/h1,5-6,11-14H,7-10,15-16H2,2-4H3/p+1/b14-13+,17-1?. The maximum atomic E-state index is 12.3. The Labute approximate surface area is 185 Å². The highest BCUT2D eigenvalue weighted by atomic mass is 32.2. The normalized spacial score (nSPS) is 19.4. The molecule has 1 aromatic rings. The fraction of sp³-hybridized carbons (Fsp3) is 0.435. The largest absolute Gasteiger partial charge is 0.286 e. The van der Waals surface area contributed by atoms with Gasteiger partial charge in [0.1, 0.15) is 6.54 Å². The number of para-hydroxylation sites is 1. The molecule has 167 valence electrons. The molecule has 0 atom stereocenters. The van der Waals surface area contributed by atoms with Crippen LogP contribution in [0.3, 0.4) is 0 Å². The predicted molar refractivity (Wildman–Crippen MR) is 123 cm³/mol. The predicted octanol–water partition coefficient (Wildman–Crippen LogP) is 3.74. The molecule has 1 aromatic carbocycles. The molecule has 1 aliphatic carbocycles. The summed E-state index contributed by atoms with van der Waals surface area (Å²) in [6, 6.07) is 7.92. The summed E-state index contributed by atoms with van der Waals surface area (Å²) >= 11 is 0. The van der Waals surface area contributed by atoms with Gasteiger partial charge in [0.05, 0.1) is 16.1 Å². The second kappa shape index (κ2) is 8.48. The zero-order valence-corrected chi connectivity index (χ0v) is 19.8. The molecule has 0 bridgehead atoms. The van der Waals surface area contributed by atoms with E-state index < -0.39 is 20.0 Å². The molecular formula is C23H29NO5S2+. The van der Waals surface area contributed by atoms with E-state index in [1.165, 1.54) is 6.26 Å². The lowest BCUT2D eigenvalue weighted by Gasteiger charge is -2.19. The second-order valence-corrected chi connectivity index (χ2v) is 12.2. The molecule has 6 nitrogen and oxygen atoms in total. The molecule has 0 saturated carbocycles. The molecule has 3 rings (SSSR count). The van der Waals surface area contributed by atoms with E-state index >= 15 is 0 Å². The van der Waals surface area contributed by atoms with Gasteiger partial charge in [-0.05, 0) is 44.3 Å². The van der Waals surface area contributed by atoms with Crippen molar-refractivity contribution in [2.45, 2.75) is 44.9 Å². The van der Waals surface area contributed by atoms with Crippen LogP contribution in [0.1, 0.15) is 45.1 Å². The Kier molecular flexibility index (Phi) is 6.47. The third-order valence-corrected chi connectivity index (χ3v) is 7.94. The lowest BCUT2D eigenvalue weighted by atomic mass is 9.81. The van der Waals surface area contributed by atoms with Crippen LogP contribution in [0.2, 0.25) is 0 Å². The Bertz CT molecular complexity index is 1220. The maximum absolute atomic E-state index is 12.3. The Morgan fingerprint density at radius 3 is 2.45 bits per heavy atom. The number of sulfone groups is 1. The van der Waals surface area contributed by atoms with Crippen molar-refractivity contribution >= 4 is 31.4 Å². The van der Waals surface area contributed by atoms with Gasteiger partial charge >= 0.3 is 0 Å². The summed E-state index contributed by atoms with van der Waals surface area (Å²) in [5, 5.41) is 0. The SMILES string of the molecule is [CH]=C1CCCC(/C=C/C2=[N+](CCCS(=O)(=O)O)c3ccccc3C2(C)C)=C1S(C)(=O)=O. The van der Waals surface area contributed by atoms with Crippen molar-refractivity contribution < 1.29 is 26.0 Å². The zero-order valence-electron chi connectivity index (χ0n) is 18.1. The summed E-state index contributed by atoms with van der Waals surface area (Å²) in [6.07, 6.45) is 7.18. The fourth-order valence-electron chi connectivity index (χ4n) is 4.50. The van der Waals surface area contributed by atoms with Gasteiger partial charge in [-0.1, -0.05) is 30.9 Å². The molecule has 0 amide bonds. The molecule has 0 unspecified atom stereocenters. The van der Waals surface area contributed by atoms with E-state index in [-0.39, 0.29) is 22.5 Å². The average molecular weight is 464 g/mol. The third-order valence-electron chi connectivity index (χ3n) is 5.87. The van der Waals surface area contributed by atoms with Crippen LogP contribution >= 0.6 is 0 Å². The molecule has 1 heterocycles. The molecule has 1 aliphatic heterocycles. The van der Waals surface area contributed by atoms with Crippen LogP contribution in [0.15, 0.2) is 52.5 Å². The van der Waals surface area contributed by atoms with Gasteiger partial charge in [0.25, 0.3) is 10.1 Å². The highest BCUT2D eigenvalue weighted by Crippen LogP contribution is 2.40. The summed E-state index contributed by atoms with van der Waals surface area (Å²) in [6.45, 7) is 10.6. The highest BCUT2D eigenvalue weighted by Gasteiger charge is 2.44. The first-order valence-corrected chi connectivity index (χ1v) is 13.7. The summed E-state index contributed by atoms with van der Waals surface area (Å²) in [4.78, 5) is 0.224. The van der Waals surface area contributed by atoms with Gasteiger partial charge in [-0.3, -0.25) is 4.55 Å². The second-order valence-electron chi connectivity index (χ2n) is 8.66. The summed E-state index contributed by atoms with van der Waals surface area (Å²) in [5.74, 6) is -0.321. The Balaban J connectivity index is 2.08. The Morgan fingerprint density at radius 2 is 1.81 bits per heavy atom. The maximum Gasteiger partial charge on any atom is 0.265 e. The van der Waals surface area contributed by atoms with Crippen LogP contribution in [0.5, 0.6) is 0 Å². The lowest BCUT2D eigenvalue weighted by molar-refractivity contribution is -0.437. The Hall–Kier alpha value is -2.03. The summed E-state index contributed by atoms with van der Waals surface area (Å²) in [7, 11) is -7.49. The van der Waals surface area contributed by atoms with E-state index in [4.69, 9.17) is 11.1 Å². The van der Waals surface area contributed by atoms with E-state index in [9.17, 15) is 16.8 Å². The minimum Gasteiger partial charge on any atom is -0.286 e. The highest BCUT2D eigenvalue weighted by molar-refractivity contribution is 7.94.